The van der Waals surface area contributed by atoms with Gasteiger partial charge in [0.25, 0.3) is 0 Å². The maximum Gasteiger partial charge on any atom is 0.337 e. The Kier molecular flexibility index (Phi) is 2.31. The minimum Gasteiger partial charge on any atom is -0.478 e. The second kappa shape index (κ2) is 3.75. The van der Waals surface area contributed by atoms with Crippen LogP contribution in [0.5, 0.6) is 0 Å². The number of aromatic amines is 1. The monoisotopic (exact) mass is 259 g/mol. The third kappa shape index (κ3) is 1.48. The Bertz CT molecular complexity index is 789. The number of hydrogen-bond donors (Lipinski definition) is 2. The minimum absolute atomic E-state index is 0.275. The lowest BCUT2D eigenvalue weighted by Crippen LogP contribution is -1.96. The van der Waals surface area contributed by atoms with Crippen LogP contribution in [-0.2, 0) is 0 Å². The molecule has 0 radical (unpaired) electrons. The van der Waals surface area contributed by atoms with Gasteiger partial charge in [0.2, 0.25) is 0 Å². The molecule has 0 amide bonds. The summed E-state index contributed by atoms with van der Waals surface area (Å²) >= 11 is 6.08. The first-order chi connectivity index (χ1) is 8.58. The van der Waals surface area contributed by atoms with Gasteiger partial charge in [-0.2, -0.15) is 0 Å². The Morgan fingerprint density at radius 2 is 2.06 bits per heavy atom. The molecule has 0 atom stereocenters. The first-order valence-corrected chi connectivity index (χ1v) is 5.89. The van der Waals surface area contributed by atoms with Gasteiger partial charge in [0.05, 0.1) is 11.1 Å². The van der Waals surface area contributed by atoms with Crippen molar-refractivity contribution in [2.75, 3.05) is 0 Å². The number of carboxylic acids is 1. The summed E-state index contributed by atoms with van der Waals surface area (Å²) < 4.78 is 0. The Hall–Kier alpha value is -2.00. The van der Waals surface area contributed by atoms with Gasteiger partial charge in [0, 0.05) is 21.3 Å². The van der Waals surface area contributed by atoms with Gasteiger partial charge in [-0.15, -0.1) is 0 Å². The summed E-state index contributed by atoms with van der Waals surface area (Å²) in [7, 11) is 0. The van der Waals surface area contributed by atoms with Crippen molar-refractivity contribution < 1.29 is 9.90 Å². The van der Waals surface area contributed by atoms with E-state index in [4.69, 9.17) is 11.6 Å². The molecule has 0 bridgehead atoms. The van der Waals surface area contributed by atoms with Crippen LogP contribution < -0.4 is 0 Å². The standard InChI is InChI=1S/C14H10ClNO2/c1-7-5-10-8-3-2-4-9(14(17)18)13(8)16-12(10)6-11(7)15/h2-6,16H,1H3,(H,17,18). The van der Waals surface area contributed by atoms with E-state index in [1.165, 1.54) is 0 Å². The molecule has 0 aliphatic rings. The number of aryl methyl sites for hydroxylation is 1. The average molecular weight is 260 g/mol. The molecule has 3 aromatic rings. The molecule has 4 heteroatoms. The number of fused-ring (bicyclic) bond motifs is 3. The molecular formula is C14H10ClNO2. The molecular weight excluding hydrogens is 250 g/mol. The number of halogens is 1. The molecule has 18 heavy (non-hydrogen) atoms. The van der Waals surface area contributed by atoms with E-state index in [1.54, 1.807) is 12.1 Å². The largest absolute Gasteiger partial charge is 0.478 e. The van der Waals surface area contributed by atoms with E-state index in [0.29, 0.717) is 10.5 Å². The Balaban J connectivity index is 2.51. The van der Waals surface area contributed by atoms with Crippen LogP contribution in [0.4, 0.5) is 0 Å². The van der Waals surface area contributed by atoms with Crippen LogP contribution in [0, 0.1) is 6.92 Å². The quantitative estimate of drug-likeness (QED) is 0.694. The number of carboxylic acid groups (broad SMARTS) is 1. The van der Waals surface area contributed by atoms with Crippen molar-refractivity contribution in [2.45, 2.75) is 6.92 Å². The molecule has 3 nitrogen and oxygen atoms in total. The molecule has 1 aromatic heterocycles. The third-order valence-electron chi connectivity index (χ3n) is 3.14. The Labute approximate surface area is 108 Å². The molecule has 0 spiro atoms. The number of rotatable bonds is 1. The van der Waals surface area contributed by atoms with Crippen LogP contribution in [-0.4, -0.2) is 16.1 Å². The van der Waals surface area contributed by atoms with Crippen LogP contribution in [0.1, 0.15) is 15.9 Å². The van der Waals surface area contributed by atoms with E-state index in [-0.39, 0.29) is 5.56 Å². The van der Waals surface area contributed by atoms with Crippen molar-refractivity contribution in [1.29, 1.82) is 0 Å². The number of para-hydroxylation sites is 1. The molecule has 0 aliphatic carbocycles. The molecule has 0 saturated carbocycles. The molecule has 2 aromatic carbocycles. The molecule has 0 fully saturated rings. The molecule has 2 N–H and O–H groups in total. The zero-order chi connectivity index (χ0) is 12.9. The summed E-state index contributed by atoms with van der Waals surface area (Å²) in [6.07, 6.45) is 0. The van der Waals surface area contributed by atoms with Gasteiger partial charge in [0.15, 0.2) is 0 Å². The van der Waals surface area contributed by atoms with Crippen LogP contribution in [0.25, 0.3) is 21.8 Å². The first kappa shape index (κ1) is 11.1. The summed E-state index contributed by atoms with van der Waals surface area (Å²) in [5.41, 5.74) is 2.75. The zero-order valence-electron chi connectivity index (χ0n) is 9.62. The maximum atomic E-state index is 11.2. The molecule has 0 saturated heterocycles. The molecule has 0 unspecified atom stereocenters. The van der Waals surface area contributed by atoms with Crippen LogP contribution in [0.15, 0.2) is 30.3 Å². The minimum atomic E-state index is -0.935. The zero-order valence-corrected chi connectivity index (χ0v) is 10.4. The van der Waals surface area contributed by atoms with E-state index in [0.717, 1.165) is 21.9 Å². The maximum absolute atomic E-state index is 11.2. The van der Waals surface area contributed by atoms with Gasteiger partial charge in [-0.3, -0.25) is 0 Å². The molecule has 1 heterocycles. The van der Waals surface area contributed by atoms with E-state index in [1.807, 2.05) is 25.1 Å². The van der Waals surface area contributed by atoms with Gasteiger partial charge in [-0.1, -0.05) is 23.7 Å². The molecule has 0 aliphatic heterocycles. The lowest BCUT2D eigenvalue weighted by molar-refractivity contribution is 0.0699. The van der Waals surface area contributed by atoms with Crippen molar-refractivity contribution in [3.05, 3.63) is 46.5 Å². The third-order valence-corrected chi connectivity index (χ3v) is 3.55. The molecule has 90 valence electrons. The van der Waals surface area contributed by atoms with Crippen LogP contribution >= 0.6 is 11.6 Å². The van der Waals surface area contributed by atoms with Crippen molar-refractivity contribution >= 4 is 39.4 Å². The smallest absolute Gasteiger partial charge is 0.337 e. The van der Waals surface area contributed by atoms with Crippen molar-refractivity contribution in [1.82, 2.24) is 4.98 Å². The number of benzene rings is 2. The predicted octanol–water partition coefficient (Wildman–Crippen LogP) is 3.98. The van der Waals surface area contributed by atoms with E-state index < -0.39 is 5.97 Å². The first-order valence-electron chi connectivity index (χ1n) is 5.52. The Morgan fingerprint density at radius 3 is 2.78 bits per heavy atom. The lowest BCUT2D eigenvalue weighted by atomic mass is 10.1. The van der Waals surface area contributed by atoms with Crippen LogP contribution in [0.3, 0.4) is 0 Å². The summed E-state index contributed by atoms with van der Waals surface area (Å²) in [5.74, 6) is -0.935. The summed E-state index contributed by atoms with van der Waals surface area (Å²) in [6, 6.07) is 9.06. The van der Waals surface area contributed by atoms with Crippen molar-refractivity contribution in [3.63, 3.8) is 0 Å². The fraction of sp³-hybridized carbons (Fsp3) is 0.0714. The van der Waals surface area contributed by atoms with Gasteiger partial charge >= 0.3 is 5.97 Å². The highest BCUT2D eigenvalue weighted by Gasteiger charge is 2.13. The van der Waals surface area contributed by atoms with Crippen molar-refractivity contribution in [2.24, 2.45) is 0 Å². The predicted molar refractivity (Wildman–Crippen MR) is 72.5 cm³/mol. The summed E-state index contributed by atoms with van der Waals surface area (Å²) in [5, 5.41) is 11.7. The highest BCUT2D eigenvalue weighted by Crippen LogP contribution is 2.31. The van der Waals surface area contributed by atoms with E-state index in [2.05, 4.69) is 4.98 Å². The van der Waals surface area contributed by atoms with Gasteiger partial charge in [-0.05, 0) is 30.7 Å². The second-order valence-electron chi connectivity index (χ2n) is 4.31. The molecule has 3 rings (SSSR count). The summed E-state index contributed by atoms with van der Waals surface area (Å²) in [4.78, 5) is 14.3. The SMILES string of the molecule is Cc1cc2c(cc1Cl)[nH]c1c(C(=O)O)cccc12. The fourth-order valence-corrected chi connectivity index (χ4v) is 2.40. The van der Waals surface area contributed by atoms with E-state index >= 15 is 0 Å². The van der Waals surface area contributed by atoms with Crippen LogP contribution in [0.2, 0.25) is 5.02 Å². The van der Waals surface area contributed by atoms with Gasteiger partial charge < -0.3 is 10.1 Å². The number of H-pyrrole nitrogens is 1. The summed E-state index contributed by atoms with van der Waals surface area (Å²) in [6.45, 7) is 1.93. The highest BCUT2D eigenvalue weighted by atomic mass is 35.5. The fourth-order valence-electron chi connectivity index (χ4n) is 2.23. The van der Waals surface area contributed by atoms with Gasteiger partial charge in [-0.25, -0.2) is 4.79 Å². The number of aromatic nitrogens is 1. The van der Waals surface area contributed by atoms with Gasteiger partial charge in [0.1, 0.15) is 0 Å². The Morgan fingerprint density at radius 1 is 1.28 bits per heavy atom. The van der Waals surface area contributed by atoms with Crippen molar-refractivity contribution in [3.8, 4) is 0 Å². The number of nitrogens with one attached hydrogen (secondary N) is 1. The number of hydrogen-bond acceptors (Lipinski definition) is 1. The average Bonchev–Trinajstić information content (AvgIpc) is 2.67. The normalized spacial score (nSPS) is 11.2. The lowest BCUT2D eigenvalue weighted by Gasteiger charge is -1.98. The van der Waals surface area contributed by atoms with E-state index in [9.17, 15) is 9.90 Å². The topological polar surface area (TPSA) is 53.1 Å². The number of aromatic carboxylic acids is 1. The second-order valence-corrected chi connectivity index (χ2v) is 4.71. The highest BCUT2D eigenvalue weighted by molar-refractivity contribution is 6.32. The number of carbonyl (C=O) groups is 1.